The number of nitrogen functional groups attached to an aromatic ring is 1. The number of fused-ring (bicyclic) bond motifs is 1. The molecule has 2 aromatic carbocycles. The Bertz CT molecular complexity index is 1480. The van der Waals surface area contributed by atoms with Crippen molar-refractivity contribution in [2.75, 3.05) is 11.6 Å². The smallest absolute Gasteiger partial charge is 0.343 e. The van der Waals surface area contributed by atoms with Gasteiger partial charge in [-0.2, -0.15) is 0 Å². The summed E-state index contributed by atoms with van der Waals surface area (Å²) in [5.74, 6) is -1.99. The number of carboxylic acids is 1. The largest absolute Gasteiger partial charge is 0.477 e. The molecule has 4 aromatic rings. The molecule has 35 heavy (non-hydrogen) atoms. The third-order valence-electron chi connectivity index (χ3n) is 5.40. The zero-order chi connectivity index (χ0) is 25.1. The predicted molar refractivity (Wildman–Crippen MR) is 134 cm³/mol. The number of carbonyl (C=O) groups excluding carboxylic acids is 1. The van der Waals surface area contributed by atoms with Crippen LogP contribution >= 0.6 is 11.3 Å². The minimum atomic E-state index is -1.40. The Morgan fingerprint density at radius 3 is 2.46 bits per heavy atom. The van der Waals surface area contributed by atoms with Gasteiger partial charge in [0.05, 0.1) is 12.1 Å². The van der Waals surface area contributed by atoms with E-state index in [-0.39, 0.29) is 35.7 Å². The van der Waals surface area contributed by atoms with Gasteiger partial charge < -0.3 is 15.4 Å². The molecule has 0 saturated carbocycles. The summed E-state index contributed by atoms with van der Waals surface area (Å²) in [6.45, 7) is 2.11. The van der Waals surface area contributed by atoms with Crippen LogP contribution in [0.15, 0.2) is 64.9 Å². The van der Waals surface area contributed by atoms with Gasteiger partial charge in [0.1, 0.15) is 22.2 Å². The number of aromatic nitrogens is 2. The van der Waals surface area contributed by atoms with Gasteiger partial charge in [0.2, 0.25) is 5.43 Å². The molecule has 0 aliphatic heterocycles. The molecular weight excluding hydrogens is 468 g/mol. The number of para-hydroxylation sites is 1. The number of hydrogen-bond acceptors (Lipinski definition) is 7. The fourth-order valence-electron chi connectivity index (χ4n) is 3.76. The number of carbonyl (C=O) groups is 2. The summed E-state index contributed by atoms with van der Waals surface area (Å²) in [6.07, 6.45) is 1.65. The van der Waals surface area contributed by atoms with Gasteiger partial charge in [-0.25, -0.2) is 9.78 Å². The lowest BCUT2D eigenvalue weighted by Crippen LogP contribution is -2.45. The van der Waals surface area contributed by atoms with Crippen LogP contribution in [0.3, 0.4) is 0 Å². The van der Waals surface area contributed by atoms with Gasteiger partial charge in [-0.3, -0.25) is 25.4 Å². The van der Waals surface area contributed by atoms with Crippen molar-refractivity contribution in [3.63, 3.8) is 0 Å². The molecule has 4 rings (SSSR count). The maximum Gasteiger partial charge on any atom is 0.343 e. The molecule has 0 fully saturated rings. The molecule has 1 amide bonds. The number of anilines is 1. The average Bonchev–Trinajstić information content (AvgIpc) is 3.37. The lowest BCUT2D eigenvalue weighted by Gasteiger charge is -2.29. The normalized spacial score (nSPS) is 10.8. The summed E-state index contributed by atoms with van der Waals surface area (Å²) in [5.41, 5.74) is 8.37. The maximum absolute atomic E-state index is 13.2. The van der Waals surface area contributed by atoms with E-state index in [9.17, 15) is 19.5 Å². The second-order valence-corrected chi connectivity index (χ2v) is 8.52. The molecule has 0 bridgehead atoms. The lowest BCUT2D eigenvalue weighted by atomic mass is 10.1. The van der Waals surface area contributed by atoms with Crippen molar-refractivity contribution in [3.8, 4) is 0 Å². The molecule has 11 heteroatoms. The molecule has 0 atom stereocenters. The van der Waals surface area contributed by atoms with Crippen molar-refractivity contribution >= 4 is 45.8 Å². The first-order valence-corrected chi connectivity index (χ1v) is 11.5. The zero-order valence-corrected chi connectivity index (χ0v) is 19.5. The first-order valence-electron chi connectivity index (χ1n) is 10.6. The molecule has 178 valence electrons. The van der Waals surface area contributed by atoms with E-state index in [1.165, 1.54) is 28.5 Å². The highest BCUT2D eigenvalue weighted by molar-refractivity contribution is 7.09. The Labute approximate surface area is 203 Å². The summed E-state index contributed by atoms with van der Waals surface area (Å²) < 4.78 is 1.68. The molecule has 0 aliphatic carbocycles. The second kappa shape index (κ2) is 9.77. The van der Waals surface area contributed by atoms with Gasteiger partial charge in [-0.1, -0.05) is 24.3 Å². The van der Waals surface area contributed by atoms with E-state index < -0.39 is 22.9 Å². The van der Waals surface area contributed by atoms with Crippen LogP contribution in [-0.2, 0) is 6.54 Å². The number of pyridine rings is 1. The number of thiazole rings is 1. The van der Waals surface area contributed by atoms with E-state index in [0.29, 0.717) is 16.1 Å². The number of amidine groups is 1. The maximum atomic E-state index is 13.2. The highest BCUT2D eigenvalue weighted by Crippen LogP contribution is 2.26. The number of nitrogens with zero attached hydrogens (tertiary/aromatic N) is 3. The zero-order valence-electron chi connectivity index (χ0n) is 18.7. The average molecular weight is 491 g/mol. The number of carboxylic acid groups (broad SMARTS) is 1. The van der Waals surface area contributed by atoms with Gasteiger partial charge in [0.25, 0.3) is 5.91 Å². The summed E-state index contributed by atoms with van der Waals surface area (Å²) >= 11 is 1.40. The Hall–Kier alpha value is -4.51. The molecule has 2 aromatic heterocycles. The van der Waals surface area contributed by atoms with E-state index in [1.807, 2.05) is 5.38 Å². The van der Waals surface area contributed by atoms with Gasteiger partial charge in [0.15, 0.2) is 0 Å². The number of hydrazine groups is 1. The van der Waals surface area contributed by atoms with Crippen molar-refractivity contribution in [2.24, 2.45) is 5.73 Å². The van der Waals surface area contributed by atoms with Crippen LogP contribution in [0.5, 0.6) is 0 Å². The van der Waals surface area contributed by atoms with Crippen molar-refractivity contribution < 1.29 is 14.7 Å². The summed E-state index contributed by atoms with van der Waals surface area (Å²) in [7, 11) is 0. The first-order chi connectivity index (χ1) is 16.8. The van der Waals surface area contributed by atoms with Gasteiger partial charge >= 0.3 is 5.97 Å². The molecule has 2 heterocycles. The monoisotopic (exact) mass is 490 g/mol. The van der Waals surface area contributed by atoms with Crippen LogP contribution in [0.25, 0.3) is 10.9 Å². The second-order valence-electron chi connectivity index (χ2n) is 7.54. The minimum absolute atomic E-state index is 0.0487. The lowest BCUT2D eigenvalue weighted by molar-refractivity contribution is 0.0694. The molecule has 0 spiro atoms. The highest BCUT2D eigenvalue weighted by atomic mass is 32.1. The van der Waals surface area contributed by atoms with Crippen molar-refractivity contribution in [2.45, 2.75) is 13.5 Å². The fraction of sp³-hybridized carbons (Fsp3) is 0.125. The molecule has 0 aliphatic rings. The number of aromatic carboxylic acids is 1. The number of nitrogens with two attached hydrogens (primary N) is 1. The van der Waals surface area contributed by atoms with Crippen LogP contribution in [0.4, 0.5) is 5.82 Å². The number of nitrogens with one attached hydrogen (secondary N) is 2. The number of rotatable bonds is 8. The fourth-order valence-corrected chi connectivity index (χ4v) is 4.36. The predicted octanol–water partition coefficient (Wildman–Crippen LogP) is 2.66. The molecule has 5 N–H and O–H groups in total. The molecule has 0 unspecified atom stereocenters. The Kier molecular flexibility index (Phi) is 6.60. The van der Waals surface area contributed by atoms with Crippen molar-refractivity contribution in [1.82, 2.24) is 15.0 Å². The number of benzene rings is 2. The standard InChI is InChI=1S/C24H22N6O4S/c1-2-30(28-22(32)15-9-7-14(8-10-15)21(25)26)23-19(24(33)34)20(31)16-5-3-4-6-17(16)29(23)13-18-27-11-12-35-18/h3-12H,2,13H2,1H3,(H3,25,26)(H,28,32)(H,33,34). The Morgan fingerprint density at radius 1 is 1.17 bits per heavy atom. The van der Waals surface area contributed by atoms with E-state index >= 15 is 0 Å². The van der Waals surface area contributed by atoms with Crippen LogP contribution in [0.2, 0.25) is 0 Å². The van der Waals surface area contributed by atoms with E-state index in [0.717, 1.165) is 0 Å². The van der Waals surface area contributed by atoms with Gasteiger partial charge in [-0.05, 0) is 31.2 Å². The number of amides is 1. The summed E-state index contributed by atoms with van der Waals surface area (Å²) in [4.78, 5) is 42.9. The van der Waals surface area contributed by atoms with E-state index in [2.05, 4.69) is 10.4 Å². The van der Waals surface area contributed by atoms with Gasteiger partial charge in [0, 0.05) is 34.6 Å². The van der Waals surface area contributed by atoms with Gasteiger partial charge in [-0.15, -0.1) is 11.3 Å². The molecule has 0 saturated heterocycles. The van der Waals surface area contributed by atoms with Crippen LogP contribution < -0.4 is 21.6 Å². The molecular formula is C24H22N6O4S. The van der Waals surface area contributed by atoms with Crippen LogP contribution in [0, 0.1) is 5.41 Å². The summed E-state index contributed by atoms with van der Waals surface area (Å²) in [6, 6.07) is 12.9. The Balaban J connectivity index is 1.87. The first kappa shape index (κ1) is 23.6. The quantitative estimate of drug-likeness (QED) is 0.168. The van der Waals surface area contributed by atoms with Crippen molar-refractivity contribution in [3.05, 3.63) is 92.0 Å². The minimum Gasteiger partial charge on any atom is -0.477 e. The third-order valence-corrected chi connectivity index (χ3v) is 6.17. The van der Waals surface area contributed by atoms with E-state index in [1.54, 1.807) is 54.1 Å². The van der Waals surface area contributed by atoms with Crippen LogP contribution in [0.1, 0.15) is 38.2 Å². The highest BCUT2D eigenvalue weighted by Gasteiger charge is 2.27. The van der Waals surface area contributed by atoms with Crippen LogP contribution in [-0.4, -0.2) is 38.9 Å². The molecule has 10 nitrogen and oxygen atoms in total. The van der Waals surface area contributed by atoms with E-state index in [4.69, 9.17) is 11.1 Å². The van der Waals surface area contributed by atoms with Crippen molar-refractivity contribution in [1.29, 1.82) is 5.41 Å². The topological polar surface area (TPSA) is 154 Å². The molecule has 0 radical (unpaired) electrons. The third kappa shape index (κ3) is 4.62. The Morgan fingerprint density at radius 2 is 1.86 bits per heavy atom. The summed E-state index contributed by atoms with van der Waals surface area (Å²) in [5, 5.41) is 21.7. The SMILES string of the molecule is CCN(NC(=O)c1ccc(C(=N)N)cc1)c1c(C(=O)O)c(=O)c2ccccc2n1Cc1nccs1. The number of hydrogen-bond donors (Lipinski definition) is 4.